The third-order valence-corrected chi connectivity index (χ3v) is 7.84. The van der Waals surface area contributed by atoms with Gasteiger partial charge in [0.25, 0.3) is 0 Å². The largest absolute Gasteiger partial charge is 0.445 e. The number of aromatic nitrogens is 3. The zero-order valence-electron chi connectivity index (χ0n) is 23.3. The quantitative estimate of drug-likeness (QED) is 0.309. The van der Waals surface area contributed by atoms with E-state index in [1.807, 2.05) is 30.3 Å². The number of fused-ring (bicyclic) bond motifs is 1. The summed E-state index contributed by atoms with van der Waals surface area (Å²) in [7, 11) is 0. The van der Waals surface area contributed by atoms with E-state index in [1.54, 1.807) is 17.0 Å². The van der Waals surface area contributed by atoms with Gasteiger partial charge in [-0.1, -0.05) is 53.8 Å². The molecule has 222 valence electrons. The number of amides is 1. The van der Waals surface area contributed by atoms with E-state index in [0.717, 1.165) is 61.8 Å². The molecule has 0 spiro atoms. The molecule has 2 aliphatic rings. The highest BCUT2D eigenvalue weighted by atomic mass is 32.1. The predicted octanol–water partition coefficient (Wildman–Crippen LogP) is 4.84. The lowest BCUT2D eigenvalue weighted by Gasteiger charge is -2.32. The van der Waals surface area contributed by atoms with Crippen molar-refractivity contribution in [3.05, 3.63) is 76.5 Å². The number of carbonyl (C=O) groups excluding carboxylic acids is 1. The molecule has 6 rings (SSSR count). The molecule has 4 aromatic rings. The van der Waals surface area contributed by atoms with Crippen molar-refractivity contribution in [3.63, 3.8) is 0 Å². The predicted molar refractivity (Wildman–Crippen MR) is 160 cm³/mol. The van der Waals surface area contributed by atoms with Crippen molar-refractivity contribution in [1.82, 2.24) is 19.9 Å². The van der Waals surface area contributed by atoms with Crippen LogP contribution in [-0.2, 0) is 33.7 Å². The van der Waals surface area contributed by atoms with Crippen LogP contribution in [0.5, 0.6) is 0 Å². The van der Waals surface area contributed by atoms with Gasteiger partial charge in [0.15, 0.2) is 10.6 Å². The number of nitrogens with two attached hydrogens (primary N) is 1. The van der Waals surface area contributed by atoms with Crippen LogP contribution in [0, 0.1) is 5.82 Å². The Hall–Kier alpha value is -3.87. The van der Waals surface area contributed by atoms with Crippen molar-refractivity contribution in [2.45, 2.75) is 38.3 Å². The summed E-state index contributed by atoms with van der Waals surface area (Å²) in [4.78, 5) is 28.6. The van der Waals surface area contributed by atoms with Crippen LogP contribution in [-0.4, -0.2) is 71.5 Å². The van der Waals surface area contributed by atoms with Gasteiger partial charge in [0.05, 0.1) is 31.4 Å². The Bertz CT molecular complexity index is 1420. The standard InChI is InChI=1S/C26H27FN6O2S.C4H8O2/c27-19-11-8-17(9-12-19)10-13-21-30-22-23(31-25(28)32-24(22)36-21)29-20-7-4-14-33(15-20)26(34)35-16-18-5-2-1-3-6-18;1-2-6-4-3-5-1/h1-3,5-6,8-9,11-12,20H,4,7,10,13-16H2,(H3,28,29,31,32);1-4H2. The Balaban J connectivity index is 0.000000524. The van der Waals surface area contributed by atoms with Crippen LogP contribution in [0.1, 0.15) is 29.0 Å². The number of hydrogen-bond acceptors (Lipinski definition) is 10. The fourth-order valence-electron chi connectivity index (χ4n) is 4.70. The van der Waals surface area contributed by atoms with Gasteiger partial charge in [0.1, 0.15) is 17.9 Å². The maximum absolute atomic E-state index is 13.2. The summed E-state index contributed by atoms with van der Waals surface area (Å²) >= 11 is 1.48. The molecule has 2 fully saturated rings. The lowest BCUT2D eigenvalue weighted by atomic mass is 10.1. The third kappa shape index (κ3) is 8.57. The van der Waals surface area contributed by atoms with Gasteiger partial charge in [-0.25, -0.2) is 19.2 Å². The molecule has 2 aromatic carbocycles. The number of thiazole rings is 1. The zero-order valence-corrected chi connectivity index (χ0v) is 24.2. The Morgan fingerprint density at radius 1 is 1.00 bits per heavy atom. The van der Waals surface area contributed by atoms with Gasteiger partial charge in [-0.05, 0) is 42.5 Å². The van der Waals surface area contributed by atoms with E-state index in [1.165, 1.54) is 23.5 Å². The molecule has 2 aromatic heterocycles. The fraction of sp³-hybridized carbons (Fsp3) is 0.400. The molecule has 0 saturated carbocycles. The Morgan fingerprint density at radius 3 is 2.45 bits per heavy atom. The van der Waals surface area contributed by atoms with Crippen molar-refractivity contribution < 1.29 is 23.4 Å². The van der Waals surface area contributed by atoms with E-state index in [4.69, 9.17) is 24.9 Å². The number of nitrogens with zero attached hydrogens (tertiary/aromatic N) is 4. The highest BCUT2D eigenvalue weighted by molar-refractivity contribution is 7.18. The summed E-state index contributed by atoms with van der Waals surface area (Å²) in [5, 5.41) is 4.35. The molecule has 10 nitrogen and oxygen atoms in total. The second-order valence-corrected chi connectivity index (χ2v) is 11.1. The number of piperidine rings is 1. The van der Waals surface area contributed by atoms with Gasteiger partial charge in [0.2, 0.25) is 5.95 Å². The van der Waals surface area contributed by atoms with Gasteiger partial charge < -0.3 is 30.2 Å². The van der Waals surface area contributed by atoms with Crippen LogP contribution < -0.4 is 11.1 Å². The van der Waals surface area contributed by atoms with Crippen molar-refractivity contribution >= 4 is 39.5 Å². The number of anilines is 2. The van der Waals surface area contributed by atoms with Crippen molar-refractivity contribution in [3.8, 4) is 0 Å². The van der Waals surface area contributed by atoms with Crippen LogP contribution in [0.2, 0.25) is 0 Å². The van der Waals surface area contributed by atoms with Gasteiger partial charge in [-0.15, -0.1) is 0 Å². The summed E-state index contributed by atoms with van der Waals surface area (Å²) in [5.41, 5.74) is 8.65. The van der Waals surface area contributed by atoms with Crippen LogP contribution in [0.15, 0.2) is 54.6 Å². The van der Waals surface area contributed by atoms with E-state index in [0.29, 0.717) is 35.7 Å². The van der Waals surface area contributed by atoms with Crippen molar-refractivity contribution in [1.29, 1.82) is 0 Å². The first-order chi connectivity index (χ1) is 20.5. The molecular weight excluding hydrogens is 559 g/mol. The first-order valence-electron chi connectivity index (χ1n) is 14.1. The molecule has 1 atom stereocenters. The summed E-state index contributed by atoms with van der Waals surface area (Å²) in [6.07, 6.45) is 2.86. The molecule has 2 aliphatic heterocycles. The summed E-state index contributed by atoms with van der Waals surface area (Å²) in [6, 6.07) is 16.1. The maximum atomic E-state index is 13.2. The number of carbonyl (C=O) groups is 1. The summed E-state index contributed by atoms with van der Waals surface area (Å²) in [5.74, 6) is 0.505. The molecule has 12 heteroatoms. The van der Waals surface area contributed by atoms with Gasteiger partial charge >= 0.3 is 6.09 Å². The minimum absolute atomic E-state index is 0.00936. The monoisotopic (exact) mass is 594 g/mol. The van der Waals surface area contributed by atoms with E-state index in [-0.39, 0.29) is 30.5 Å². The smallest absolute Gasteiger partial charge is 0.410 e. The number of hydrogen-bond donors (Lipinski definition) is 2. The number of nitrogen functional groups attached to an aromatic ring is 1. The molecule has 42 heavy (non-hydrogen) atoms. The number of ether oxygens (including phenoxy) is 3. The van der Waals surface area contributed by atoms with E-state index < -0.39 is 0 Å². The lowest BCUT2D eigenvalue weighted by Crippen LogP contribution is -2.45. The molecule has 4 heterocycles. The molecule has 0 bridgehead atoms. The van der Waals surface area contributed by atoms with Crippen molar-refractivity contribution in [2.24, 2.45) is 0 Å². The molecular formula is C30H35FN6O4S. The maximum Gasteiger partial charge on any atom is 0.410 e. The third-order valence-electron chi connectivity index (χ3n) is 6.83. The SMILES string of the molecule is C1COCCO1.Nc1nc(NC2CCCN(C(=O)OCc3ccccc3)C2)c2nc(CCc3ccc(F)cc3)sc2n1. The topological polar surface area (TPSA) is 125 Å². The number of halogens is 1. The fourth-order valence-corrected chi connectivity index (χ4v) is 5.64. The number of nitrogens with one attached hydrogen (secondary N) is 1. The second kappa shape index (κ2) is 14.9. The molecule has 3 N–H and O–H groups in total. The van der Waals surface area contributed by atoms with E-state index in [2.05, 4.69) is 15.3 Å². The van der Waals surface area contributed by atoms with Gasteiger partial charge in [-0.2, -0.15) is 4.98 Å². The Kier molecular flexibility index (Phi) is 10.5. The highest BCUT2D eigenvalue weighted by Gasteiger charge is 2.26. The number of aryl methyl sites for hydroxylation is 2. The molecule has 1 unspecified atom stereocenters. The first-order valence-corrected chi connectivity index (χ1v) is 14.9. The number of likely N-dealkylation sites (tertiary alicyclic amines) is 1. The van der Waals surface area contributed by atoms with Crippen LogP contribution in [0.25, 0.3) is 10.3 Å². The van der Waals surface area contributed by atoms with Crippen molar-refractivity contribution in [2.75, 3.05) is 50.6 Å². The van der Waals surface area contributed by atoms with Crippen LogP contribution >= 0.6 is 11.3 Å². The highest BCUT2D eigenvalue weighted by Crippen LogP contribution is 2.28. The van der Waals surface area contributed by atoms with E-state index in [9.17, 15) is 9.18 Å². The average Bonchev–Trinajstić information content (AvgIpc) is 3.44. The molecule has 0 aliphatic carbocycles. The normalized spacial score (nSPS) is 16.9. The summed E-state index contributed by atoms with van der Waals surface area (Å²) < 4.78 is 28.6. The van der Waals surface area contributed by atoms with Crippen LogP contribution in [0.4, 0.5) is 21.0 Å². The summed E-state index contributed by atoms with van der Waals surface area (Å²) in [6.45, 7) is 4.51. The Labute approximate surface area is 248 Å². The number of benzene rings is 2. The van der Waals surface area contributed by atoms with Gasteiger partial charge in [0, 0.05) is 25.6 Å². The minimum atomic E-state index is -0.325. The minimum Gasteiger partial charge on any atom is -0.445 e. The molecule has 0 radical (unpaired) electrons. The molecule has 1 amide bonds. The van der Waals surface area contributed by atoms with Crippen LogP contribution in [0.3, 0.4) is 0 Å². The van der Waals surface area contributed by atoms with Gasteiger partial charge in [-0.3, -0.25) is 0 Å². The van der Waals surface area contributed by atoms with E-state index >= 15 is 0 Å². The zero-order chi connectivity index (χ0) is 29.1. The second-order valence-electron chi connectivity index (χ2n) is 10.0. The first kappa shape index (κ1) is 29.6. The average molecular weight is 595 g/mol. The number of rotatable bonds is 7. The lowest BCUT2D eigenvalue weighted by molar-refractivity contribution is -0.0334. The molecule has 2 saturated heterocycles. The Morgan fingerprint density at radius 2 is 1.74 bits per heavy atom.